The maximum Gasteiger partial charge on any atom is 0.414 e. The number of nitrogens with zero attached hydrogens (tertiary/aromatic N) is 2. The van der Waals surface area contributed by atoms with Gasteiger partial charge in [0.05, 0.1) is 18.8 Å². The van der Waals surface area contributed by atoms with E-state index in [1.54, 1.807) is 24.3 Å². The summed E-state index contributed by atoms with van der Waals surface area (Å²) in [6, 6.07) is 12.3. The number of carbonyl (C=O) groups excluding carboxylic acids is 2. The fourth-order valence-electron chi connectivity index (χ4n) is 2.84. The van der Waals surface area contributed by atoms with Crippen molar-refractivity contribution in [1.82, 2.24) is 15.5 Å². The summed E-state index contributed by atoms with van der Waals surface area (Å²) >= 11 is 0. The first-order chi connectivity index (χ1) is 14.1. The van der Waals surface area contributed by atoms with Crippen molar-refractivity contribution in [3.8, 4) is 22.8 Å². The van der Waals surface area contributed by atoms with Crippen LogP contribution in [0.4, 0.5) is 9.18 Å². The van der Waals surface area contributed by atoms with E-state index < -0.39 is 17.8 Å². The average molecular weight is 397 g/mol. The number of alkyl carbamates (subject to hydrolysis) is 1. The van der Waals surface area contributed by atoms with Crippen molar-refractivity contribution in [1.29, 1.82) is 0 Å². The molecule has 1 fully saturated rings. The molecule has 1 N–H and O–H groups in total. The number of aromatic nitrogens is 2. The van der Waals surface area contributed by atoms with Gasteiger partial charge in [-0.1, -0.05) is 29.4 Å². The predicted octanol–water partition coefficient (Wildman–Crippen LogP) is 3.20. The van der Waals surface area contributed by atoms with Crippen LogP contribution in [0.5, 0.6) is 0 Å². The molecule has 0 aliphatic carbocycles. The molecule has 29 heavy (non-hydrogen) atoms. The Morgan fingerprint density at radius 1 is 1.17 bits per heavy atom. The van der Waals surface area contributed by atoms with Crippen LogP contribution in [0.15, 0.2) is 53.1 Å². The van der Waals surface area contributed by atoms with Crippen LogP contribution in [0.3, 0.4) is 0 Å². The molecule has 3 aromatic rings. The lowest BCUT2D eigenvalue weighted by Gasteiger charge is -2.10. The van der Waals surface area contributed by atoms with Crippen LogP contribution < -0.4 is 5.32 Å². The quantitative estimate of drug-likeness (QED) is 0.721. The zero-order valence-corrected chi connectivity index (χ0v) is 15.1. The van der Waals surface area contributed by atoms with Crippen LogP contribution in [0.1, 0.15) is 16.8 Å². The Bertz CT molecular complexity index is 1050. The molecule has 9 heteroatoms. The second kappa shape index (κ2) is 8.19. The van der Waals surface area contributed by atoms with E-state index in [1.807, 2.05) is 0 Å². The predicted molar refractivity (Wildman–Crippen MR) is 98.3 cm³/mol. The number of carbonyl (C=O) groups is 2. The summed E-state index contributed by atoms with van der Waals surface area (Å²) in [5.41, 5.74) is 0.861. The number of rotatable bonds is 4. The van der Waals surface area contributed by atoms with Crippen molar-refractivity contribution < 1.29 is 28.0 Å². The van der Waals surface area contributed by atoms with Crippen LogP contribution in [0, 0.1) is 5.82 Å². The van der Waals surface area contributed by atoms with Crippen molar-refractivity contribution in [2.24, 2.45) is 0 Å². The van der Waals surface area contributed by atoms with Gasteiger partial charge in [-0.15, -0.1) is 0 Å². The molecule has 1 saturated heterocycles. The number of benzene rings is 2. The SMILES string of the molecule is O=C(NC(=O)c1cccc(-c2noc(-c3ccccc3F)n2)c1)OC1CCOC1. The van der Waals surface area contributed by atoms with Gasteiger partial charge in [-0.2, -0.15) is 4.98 Å². The lowest BCUT2D eigenvalue weighted by molar-refractivity contribution is 0.0752. The topological polar surface area (TPSA) is 104 Å². The number of ether oxygens (including phenoxy) is 2. The Hall–Kier alpha value is -3.59. The van der Waals surface area contributed by atoms with Gasteiger partial charge >= 0.3 is 6.09 Å². The highest BCUT2D eigenvalue weighted by Gasteiger charge is 2.22. The van der Waals surface area contributed by atoms with Gasteiger partial charge in [0.25, 0.3) is 11.8 Å². The monoisotopic (exact) mass is 397 g/mol. The van der Waals surface area contributed by atoms with Crippen molar-refractivity contribution in [3.05, 3.63) is 59.9 Å². The van der Waals surface area contributed by atoms with Gasteiger partial charge < -0.3 is 14.0 Å². The van der Waals surface area contributed by atoms with Gasteiger partial charge in [0, 0.05) is 17.5 Å². The number of hydrogen-bond donors (Lipinski definition) is 1. The lowest BCUT2D eigenvalue weighted by atomic mass is 10.1. The largest absolute Gasteiger partial charge is 0.443 e. The normalized spacial score (nSPS) is 15.8. The summed E-state index contributed by atoms with van der Waals surface area (Å²) in [4.78, 5) is 28.4. The maximum absolute atomic E-state index is 13.9. The first-order valence-corrected chi connectivity index (χ1v) is 8.89. The van der Waals surface area contributed by atoms with Crippen LogP contribution in [0.2, 0.25) is 0 Å². The third-order valence-corrected chi connectivity index (χ3v) is 4.29. The molecule has 0 saturated carbocycles. The van der Waals surface area contributed by atoms with Crippen molar-refractivity contribution >= 4 is 12.0 Å². The molecule has 1 unspecified atom stereocenters. The Labute approximate surface area is 164 Å². The minimum absolute atomic E-state index is 0.0234. The van der Waals surface area contributed by atoms with E-state index >= 15 is 0 Å². The standard InChI is InChI=1S/C20H16FN3O5/c21-16-7-2-1-6-15(16)19-22-17(24-29-19)12-4-3-5-13(10-12)18(25)23-20(26)28-14-8-9-27-11-14/h1-7,10,14H,8-9,11H2,(H,23,25,26). The molecule has 4 rings (SSSR count). The van der Waals surface area contributed by atoms with Crippen LogP contribution in [0.25, 0.3) is 22.8 Å². The van der Waals surface area contributed by atoms with Gasteiger partial charge in [0.2, 0.25) is 5.82 Å². The van der Waals surface area contributed by atoms with Gasteiger partial charge in [-0.05, 0) is 24.3 Å². The molecule has 2 aromatic carbocycles. The second-order valence-corrected chi connectivity index (χ2v) is 6.33. The smallest absolute Gasteiger partial charge is 0.414 e. The van der Waals surface area contributed by atoms with Gasteiger partial charge in [-0.25, -0.2) is 9.18 Å². The zero-order valence-electron chi connectivity index (χ0n) is 15.1. The van der Waals surface area contributed by atoms with Gasteiger partial charge in [0.1, 0.15) is 11.9 Å². The summed E-state index contributed by atoms with van der Waals surface area (Å²) in [6.45, 7) is 0.840. The molecular weight excluding hydrogens is 381 g/mol. The summed E-state index contributed by atoms with van der Waals surface area (Å²) in [5, 5.41) is 6.01. The highest BCUT2D eigenvalue weighted by Crippen LogP contribution is 2.24. The average Bonchev–Trinajstić information content (AvgIpc) is 3.40. The lowest BCUT2D eigenvalue weighted by Crippen LogP contribution is -2.34. The fourth-order valence-corrected chi connectivity index (χ4v) is 2.84. The van der Waals surface area contributed by atoms with Crippen molar-refractivity contribution in [2.75, 3.05) is 13.2 Å². The molecule has 2 amide bonds. The third kappa shape index (κ3) is 4.30. The Morgan fingerprint density at radius 3 is 2.83 bits per heavy atom. The van der Waals surface area contributed by atoms with E-state index in [2.05, 4.69) is 15.5 Å². The van der Waals surface area contributed by atoms with E-state index in [0.717, 1.165) is 0 Å². The fraction of sp³-hybridized carbons (Fsp3) is 0.200. The van der Waals surface area contributed by atoms with E-state index in [1.165, 1.54) is 24.3 Å². The number of amides is 2. The molecule has 1 aliphatic rings. The second-order valence-electron chi connectivity index (χ2n) is 6.33. The molecule has 148 valence electrons. The first kappa shape index (κ1) is 18.8. The molecule has 1 aliphatic heterocycles. The molecule has 0 radical (unpaired) electrons. The Balaban J connectivity index is 1.48. The van der Waals surface area contributed by atoms with E-state index in [0.29, 0.717) is 25.2 Å². The van der Waals surface area contributed by atoms with Crippen LogP contribution in [-0.4, -0.2) is 41.5 Å². The zero-order chi connectivity index (χ0) is 20.2. The van der Waals surface area contributed by atoms with E-state index in [-0.39, 0.29) is 28.9 Å². The maximum atomic E-state index is 13.9. The van der Waals surface area contributed by atoms with Crippen LogP contribution >= 0.6 is 0 Å². The van der Waals surface area contributed by atoms with Crippen LogP contribution in [-0.2, 0) is 9.47 Å². The summed E-state index contributed by atoms with van der Waals surface area (Å²) in [7, 11) is 0. The Kier molecular flexibility index (Phi) is 5.30. The molecule has 1 atom stereocenters. The van der Waals surface area contributed by atoms with Gasteiger partial charge in [0.15, 0.2) is 0 Å². The number of halogens is 1. The highest BCUT2D eigenvalue weighted by molar-refractivity contribution is 6.03. The summed E-state index contributed by atoms with van der Waals surface area (Å²) < 4.78 is 29.3. The summed E-state index contributed by atoms with van der Waals surface area (Å²) in [5.74, 6) is -0.908. The first-order valence-electron chi connectivity index (χ1n) is 8.89. The third-order valence-electron chi connectivity index (χ3n) is 4.29. The molecule has 0 bridgehead atoms. The number of imide groups is 1. The molecule has 0 spiro atoms. The van der Waals surface area contributed by atoms with Crippen molar-refractivity contribution in [2.45, 2.75) is 12.5 Å². The highest BCUT2D eigenvalue weighted by atomic mass is 19.1. The number of nitrogens with one attached hydrogen (secondary N) is 1. The molecular formula is C20H16FN3O5. The summed E-state index contributed by atoms with van der Waals surface area (Å²) in [6.07, 6.45) is -0.596. The molecule has 2 heterocycles. The van der Waals surface area contributed by atoms with E-state index in [9.17, 15) is 14.0 Å². The van der Waals surface area contributed by atoms with Gasteiger partial charge in [-0.3, -0.25) is 10.1 Å². The van der Waals surface area contributed by atoms with Crippen molar-refractivity contribution in [3.63, 3.8) is 0 Å². The minimum Gasteiger partial charge on any atom is -0.443 e. The van der Waals surface area contributed by atoms with E-state index in [4.69, 9.17) is 14.0 Å². The minimum atomic E-state index is -0.836. The Morgan fingerprint density at radius 2 is 2.03 bits per heavy atom. The molecule has 8 nitrogen and oxygen atoms in total. The molecule has 1 aromatic heterocycles. The number of hydrogen-bond acceptors (Lipinski definition) is 7.